The standard InChI is InChI=1S/C37H40N6O7/c1-46-31-11-6-10-27(20-31)34-37(22-28-8-4-5-9-29(28)24-40-43-38,36(45)42-39-23-25-18-32(47-2)21-33(19-25)48-3)41-35(50-34)26-12-14-30(15-13-26)49-17-7-16-44/h4-6,8-15,18-21,34,39,44H,7,16-17,22-24H2,1-3H3,(H,42,45)/t34-,37-/m0/s1. The van der Waals surface area contributed by atoms with Gasteiger partial charge in [0, 0.05) is 42.5 Å². The first-order valence-electron chi connectivity index (χ1n) is 16.0. The van der Waals surface area contributed by atoms with E-state index in [-0.39, 0.29) is 32.0 Å². The second-order valence-electron chi connectivity index (χ2n) is 11.4. The van der Waals surface area contributed by atoms with Crippen molar-refractivity contribution in [2.24, 2.45) is 10.1 Å². The molecule has 0 aliphatic carbocycles. The summed E-state index contributed by atoms with van der Waals surface area (Å²) in [7, 11) is 4.72. The van der Waals surface area contributed by atoms with Crippen LogP contribution in [0.25, 0.3) is 10.4 Å². The minimum Gasteiger partial charge on any atom is -0.497 e. The Bertz CT molecular complexity index is 1820. The lowest BCUT2D eigenvalue weighted by Gasteiger charge is -2.31. The number of carbonyl (C=O) groups excluding carboxylic acids is 1. The molecule has 13 heteroatoms. The van der Waals surface area contributed by atoms with Gasteiger partial charge in [-0.15, -0.1) is 0 Å². The second kappa shape index (κ2) is 17.1. The van der Waals surface area contributed by atoms with Crippen molar-refractivity contribution in [2.45, 2.75) is 37.6 Å². The van der Waals surface area contributed by atoms with Crippen molar-refractivity contribution in [3.05, 3.63) is 129 Å². The highest BCUT2D eigenvalue weighted by Gasteiger charge is 2.53. The molecule has 3 N–H and O–H groups in total. The molecule has 0 spiro atoms. The lowest BCUT2D eigenvalue weighted by Crippen LogP contribution is -2.53. The van der Waals surface area contributed by atoms with Gasteiger partial charge in [-0.3, -0.25) is 10.2 Å². The first-order chi connectivity index (χ1) is 24.4. The lowest BCUT2D eigenvalue weighted by molar-refractivity contribution is -0.130. The van der Waals surface area contributed by atoms with Gasteiger partial charge in [0.2, 0.25) is 5.90 Å². The van der Waals surface area contributed by atoms with Crippen molar-refractivity contribution in [3.63, 3.8) is 0 Å². The molecule has 2 atom stereocenters. The number of carbonyl (C=O) groups is 1. The van der Waals surface area contributed by atoms with Crippen molar-refractivity contribution in [2.75, 3.05) is 34.5 Å². The molecule has 1 aliphatic heterocycles. The molecule has 0 unspecified atom stereocenters. The highest BCUT2D eigenvalue weighted by atomic mass is 16.5. The van der Waals surface area contributed by atoms with Crippen LogP contribution < -0.4 is 29.8 Å². The fraction of sp³-hybridized carbons (Fsp3) is 0.297. The molecule has 1 amide bonds. The van der Waals surface area contributed by atoms with Crippen LogP contribution in [0.5, 0.6) is 23.0 Å². The third-order valence-corrected chi connectivity index (χ3v) is 8.21. The molecule has 0 aromatic heterocycles. The van der Waals surface area contributed by atoms with Gasteiger partial charge in [0.25, 0.3) is 5.91 Å². The Morgan fingerprint density at radius 2 is 1.64 bits per heavy atom. The monoisotopic (exact) mass is 680 g/mol. The number of benzene rings is 4. The highest BCUT2D eigenvalue weighted by Crippen LogP contribution is 2.43. The second-order valence-corrected chi connectivity index (χ2v) is 11.4. The number of nitrogens with zero attached hydrogens (tertiary/aromatic N) is 4. The largest absolute Gasteiger partial charge is 0.497 e. The fourth-order valence-corrected chi connectivity index (χ4v) is 5.67. The number of nitrogens with one attached hydrogen (secondary N) is 2. The van der Waals surface area contributed by atoms with Gasteiger partial charge in [-0.1, -0.05) is 41.5 Å². The van der Waals surface area contributed by atoms with Crippen LogP contribution in [0.3, 0.4) is 0 Å². The maximum atomic E-state index is 14.7. The van der Waals surface area contributed by atoms with E-state index in [0.29, 0.717) is 47.2 Å². The summed E-state index contributed by atoms with van der Waals surface area (Å²) in [6.07, 6.45) is -0.268. The zero-order valence-corrected chi connectivity index (χ0v) is 28.2. The van der Waals surface area contributed by atoms with Crippen LogP contribution >= 0.6 is 0 Å². The van der Waals surface area contributed by atoms with E-state index in [9.17, 15) is 4.79 Å². The summed E-state index contributed by atoms with van der Waals surface area (Å²) in [5.41, 5.74) is 17.1. The Labute approximate surface area is 290 Å². The van der Waals surface area contributed by atoms with Crippen molar-refractivity contribution < 1.29 is 33.6 Å². The number of azide groups is 1. The molecule has 0 bridgehead atoms. The van der Waals surface area contributed by atoms with Crippen LogP contribution in [0.15, 0.2) is 101 Å². The number of amides is 1. The number of hydrogen-bond acceptors (Lipinski definition) is 10. The van der Waals surface area contributed by atoms with Gasteiger partial charge < -0.3 is 28.8 Å². The fourth-order valence-electron chi connectivity index (χ4n) is 5.67. The summed E-state index contributed by atoms with van der Waals surface area (Å²) in [5, 5.41) is 12.9. The molecular weight excluding hydrogens is 640 g/mol. The predicted octanol–water partition coefficient (Wildman–Crippen LogP) is 5.60. The SMILES string of the molecule is COc1cc(CNNC(=O)[C@@]2(Cc3ccccc3CN=[N+]=[N-])N=C(c3ccc(OCCCO)cc3)O[C@H]2c2cccc(OC)c2)cc(OC)c1. The molecule has 1 heterocycles. The maximum Gasteiger partial charge on any atom is 0.266 e. The van der Waals surface area contributed by atoms with E-state index in [1.807, 2.05) is 72.8 Å². The van der Waals surface area contributed by atoms with E-state index in [4.69, 9.17) is 39.3 Å². The number of aliphatic imine (C=N–C) groups is 1. The number of methoxy groups -OCH3 is 3. The van der Waals surface area contributed by atoms with Gasteiger partial charge >= 0.3 is 0 Å². The molecule has 0 fully saturated rings. The Morgan fingerprint density at radius 1 is 0.920 bits per heavy atom. The van der Waals surface area contributed by atoms with Gasteiger partial charge in [0.15, 0.2) is 11.6 Å². The van der Waals surface area contributed by atoms with E-state index >= 15 is 0 Å². The van der Waals surface area contributed by atoms with Gasteiger partial charge in [-0.25, -0.2) is 10.4 Å². The first-order valence-corrected chi connectivity index (χ1v) is 16.0. The molecule has 260 valence electrons. The molecular formula is C37H40N6O7. The Hall–Kier alpha value is -5.75. The van der Waals surface area contributed by atoms with Crippen molar-refractivity contribution in [1.29, 1.82) is 0 Å². The van der Waals surface area contributed by atoms with Crippen LogP contribution in [-0.4, -0.2) is 57.0 Å². The molecule has 50 heavy (non-hydrogen) atoms. The summed E-state index contributed by atoms with van der Waals surface area (Å²) in [6.45, 7) is 0.757. The minimum atomic E-state index is -1.54. The number of hydrazine groups is 1. The Kier molecular flexibility index (Phi) is 12.1. The lowest BCUT2D eigenvalue weighted by atomic mass is 9.81. The highest BCUT2D eigenvalue weighted by molar-refractivity contribution is 6.01. The van der Waals surface area contributed by atoms with E-state index < -0.39 is 17.6 Å². The van der Waals surface area contributed by atoms with E-state index in [0.717, 1.165) is 16.7 Å². The van der Waals surface area contributed by atoms with Crippen LogP contribution in [0.4, 0.5) is 0 Å². The van der Waals surface area contributed by atoms with Gasteiger partial charge in [0.1, 0.15) is 23.0 Å². The Balaban J connectivity index is 1.56. The molecule has 0 radical (unpaired) electrons. The number of aliphatic hydroxyl groups is 1. The molecule has 0 saturated heterocycles. The quantitative estimate of drug-likeness (QED) is 0.0426. The minimum absolute atomic E-state index is 0.0348. The summed E-state index contributed by atoms with van der Waals surface area (Å²) in [4.78, 5) is 22.7. The molecule has 4 aromatic carbocycles. The number of rotatable bonds is 17. The molecule has 0 saturated carbocycles. The number of aliphatic hydroxyl groups excluding tert-OH is 1. The Morgan fingerprint density at radius 3 is 2.32 bits per heavy atom. The van der Waals surface area contributed by atoms with Gasteiger partial charge in [-0.2, -0.15) is 0 Å². The van der Waals surface area contributed by atoms with Crippen LogP contribution in [-0.2, 0) is 29.0 Å². The van der Waals surface area contributed by atoms with Gasteiger partial charge in [-0.05, 0) is 76.3 Å². The van der Waals surface area contributed by atoms with E-state index in [1.54, 1.807) is 39.5 Å². The normalized spacial score (nSPS) is 16.4. The third kappa shape index (κ3) is 8.45. The van der Waals surface area contributed by atoms with Crippen LogP contribution in [0.2, 0.25) is 0 Å². The van der Waals surface area contributed by atoms with Gasteiger partial charge in [0.05, 0.1) is 34.5 Å². The first kappa shape index (κ1) is 35.6. The summed E-state index contributed by atoms with van der Waals surface area (Å²) >= 11 is 0. The number of hydrogen-bond donors (Lipinski definition) is 3. The topological polar surface area (TPSA) is 169 Å². The summed E-state index contributed by atoms with van der Waals surface area (Å²) < 4.78 is 28.7. The van der Waals surface area contributed by atoms with Crippen LogP contribution in [0.1, 0.15) is 40.3 Å². The molecule has 13 nitrogen and oxygen atoms in total. The van der Waals surface area contributed by atoms with Crippen molar-refractivity contribution >= 4 is 11.8 Å². The van der Waals surface area contributed by atoms with E-state index in [1.165, 1.54) is 0 Å². The van der Waals surface area contributed by atoms with Crippen LogP contribution in [0, 0.1) is 0 Å². The summed E-state index contributed by atoms with van der Waals surface area (Å²) in [6, 6.07) is 27.5. The molecule has 1 aliphatic rings. The zero-order chi connectivity index (χ0) is 35.3. The zero-order valence-electron chi connectivity index (χ0n) is 28.2. The average Bonchev–Trinajstić information content (AvgIpc) is 3.55. The molecule has 5 rings (SSSR count). The van der Waals surface area contributed by atoms with Crippen molar-refractivity contribution in [1.82, 2.24) is 10.9 Å². The number of ether oxygens (including phenoxy) is 5. The third-order valence-electron chi connectivity index (χ3n) is 8.21. The average molecular weight is 681 g/mol. The van der Waals surface area contributed by atoms with Crippen molar-refractivity contribution in [3.8, 4) is 23.0 Å². The van der Waals surface area contributed by atoms with E-state index in [2.05, 4.69) is 20.9 Å². The summed E-state index contributed by atoms with van der Waals surface area (Å²) in [5.74, 6) is 2.26. The maximum absolute atomic E-state index is 14.7. The predicted molar refractivity (Wildman–Crippen MR) is 187 cm³/mol. The smallest absolute Gasteiger partial charge is 0.266 e. The molecule has 4 aromatic rings.